The topological polar surface area (TPSA) is 278 Å². The number of nitrogens with zero attached hydrogens (tertiary/aromatic N) is 5. The summed E-state index contributed by atoms with van der Waals surface area (Å²) >= 11 is 0. The number of nitrogens with two attached hydrogens (primary N) is 1. The van der Waals surface area contributed by atoms with Crippen LogP contribution in [0.5, 0.6) is 28.7 Å². The van der Waals surface area contributed by atoms with Gasteiger partial charge in [-0.15, -0.1) is 0 Å². The molecule has 0 aliphatic carbocycles. The molecule has 5 aromatic rings. The van der Waals surface area contributed by atoms with Gasteiger partial charge < -0.3 is 64.3 Å². The van der Waals surface area contributed by atoms with E-state index in [1.54, 1.807) is 67.6 Å². The van der Waals surface area contributed by atoms with E-state index in [-0.39, 0.29) is 81.2 Å². The number of hydrogen-bond acceptors (Lipinski definition) is 16. The summed E-state index contributed by atoms with van der Waals surface area (Å²) in [6, 6.07) is 31.4. The van der Waals surface area contributed by atoms with E-state index in [9.17, 15) is 18.3 Å². The second kappa shape index (κ2) is 35.2. The Kier molecular flexibility index (Phi) is 27.6. The van der Waals surface area contributed by atoms with E-state index in [1.165, 1.54) is 64.9 Å². The first kappa shape index (κ1) is 71.5. The smallest absolute Gasteiger partial charge is 0.335 e. The van der Waals surface area contributed by atoms with Crippen LogP contribution >= 0.6 is 0 Å². The van der Waals surface area contributed by atoms with Gasteiger partial charge in [0, 0.05) is 37.8 Å². The number of aliphatic hydroxyl groups excluding tert-OH is 1. The Labute approximate surface area is 534 Å². The second-order valence-electron chi connectivity index (χ2n) is 22.4. The number of rotatable bonds is 29. The second-order valence-corrected chi connectivity index (χ2v) is 23.9. The zero-order chi connectivity index (χ0) is 66.2. The average molecular weight is 1280 g/mol. The number of para-hydroxylation sites is 2. The molecule has 1 aliphatic rings. The number of carbonyl (C=O) groups excluding carboxylic acids is 6. The molecule has 0 unspecified atom stereocenters. The highest BCUT2D eigenvalue weighted by Crippen LogP contribution is 2.32. The number of unbranched alkanes of at least 4 members (excludes halogenated alkanes) is 1. The molecule has 0 saturated carbocycles. The van der Waals surface area contributed by atoms with Crippen molar-refractivity contribution in [2.75, 3.05) is 91.8 Å². The lowest BCUT2D eigenvalue weighted by molar-refractivity contribution is -0.148. The van der Waals surface area contributed by atoms with Crippen LogP contribution in [0.4, 0.5) is 5.69 Å². The van der Waals surface area contributed by atoms with Crippen molar-refractivity contribution in [3.63, 3.8) is 0 Å². The molecule has 24 heteroatoms. The summed E-state index contributed by atoms with van der Waals surface area (Å²) < 4.78 is 62.9. The summed E-state index contributed by atoms with van der Waals surface area (Å²) in [5, 5.41) is 12.4. The quantitative estimate of drug-likeness (QED) is 0.0269. The number of nitrogens with one attached hydrogen (secondary N) is 2. The maximum atomic E-state index is 15.7. The maximum Gasteiger partial charge on any atom is 0.335 e. The summed E-state index contributed by atoms with van der Waals surface area (Å²) in [5.41, 5.74) is 8.72. The lowest BCUT2D eigenvalue weighted by Gasteiger charge is -2.37. The van der Waals surface area contributed by atoms with Crippen molar-refractivity contribution in [2.45, 2.75) is 103 Å². The molecule has 492 valence electrons. The van der Waals surface area contributed by atoms with Crippen LogP contribution in [-0.2, 0) is 54.4 Å². The number of amides is 6. The van der Waals surface area contributed by atoms with E-state index in [0.29, 0.717) is 53.2 Å². The minimum Gasteiger partial charge on any atom is -0.511 e. The van der Waals surface area contributed by atoms with E-state index in [1.807, 2.05) is 69.3 Å². The third kappa shape index (κ3) is 22.1. The summed E-state index contributed by atoms with van der Waals surface area (Å²) in [5.74, 6) is -2.28. The molecule has 1 aliphatic heterocycles. The lowest BCUT2D eigenvalue weighted by atomic mass is 9.98. The van der Waals surface area contributed by atoms with Gasteiger partial charge in [-0.3, -0.25) is 33.0 Å². The SMILES string of the molecule is C=C(O)[C@@H](N)CCCCNS(=O)(=O)OCCC[C@@H](c1ccc(C)cc1)N1CC(=O)N[C@H](C)C(=O)N(CCc2ccccc2Oc2ccccc2)CC(=O)N(c2cc(OC)cc(OC)c2)CC(=O)N(CCOC(C)C)CC(=O)N([C@@H](C)c2ccc(OC)cc2)CC1=O. The number of methoxy groups -OCH3 is 3. The van der Waals surface area contributed by atoms with E-state index in [4.69, 9.17) is 33.6 Å². The third-order valence-corrected chi connectivity index (χ3v) is 16.4. The molecule has 5 N–H and O–H groups in total. The predicted molar refractivity (Wildman–Crippen MR) is 345 cm³/mol. The molecule has 91 heavy (non-hydrogen) atoms. The average Bonchev–Trinajstić information content (AvgIpc) is 1.75. The number of aryl methyl sites for hydroxylation is 1. The molecule has 1 fully saturated rings. The summed E-state index contributed by atoms with van der Waals surface area (Å²) in [6.45, 7) is 8.34. The maximum absolute atomic E-state index is 15.7. The number of anilines is 1. The Bertz CT molecular complexity index is 3310. The van der Waals surface area contributed by atoms with E-state index >= 15 is 24.0 Å². The fourth-order valence-electron chi connectivity index (χ4n) is 10.2. The Balaban J connectivity index is 1.45. The van der Waals surface area contributed by atoms with Gasteiger partial charge in [-0.05, 0) is 114 Å². The van der Waals surface area contributed by atoms with Crippen LogP contribution in [0.1, 0.15) is 94.1 Å². The van der Waals surface area contributed by atoms with Crippen LogP contribution in [0.3, 0.4) is 0 Å². The van der Waals surface area contributed by atoms with Crippen LogP contribution in [-0.4, -0.2) is 174 Å². The molecule has 5 aromatic carbocycles. The van der Waals surface area contributed by atoms with E-state index < -0.39 is 103 Å². The lowest BCUT2D eigenvalue weighted by Crippen LogP contribution is -2.55. The van der Waals surface area contributed by atoms with Crippen molar-refractivity contribution >= 4 is 51.4 Å². The van der Waals surface area contributed by atoms with Crippen LogP contribution in [0.2, 0.25) is 0 Å². The fraction of sp³-hybridized carbons (Fsp3) is 0.433. The summed E-state index contributed by atoms with van der Waals surface area (Å²) in [7, 11) is 0.109. The molecular formula is C67H88N8O15S. The van der Waals surface area contributed by atoms with Crippen LogP contribution < -0.4 is 39.6 Å². The van der Waals surface area contributed by atoms with Crippen molar-refractivity contribution < 1.29 is 70.2 Å². The molecule has 6 amide bonds. The molecule has 0 aromatic heterocycles. The number of hydrogen-bond donors (Lipinski definition) is 4. The molecule has 0 bridgehead atoms. The van der Waals surface area contributed by atoms with Gasteiger partial charge in [-0.1, -0.05) is 91.4 Å². The van der Waals surface area contributed by atoms with Gasteiger partial charge in [0.15, 0.2) is 0 Å². The molecule has 0 spiro atoms. The molecule has 23 nitrogen and oxygen atoms in total. The minimum atomic E-state index is -4.26. The van der Waals surface area contributed by atoms with Gasteiger partial charge >= 0.3 is 10.3 Å². The van der Waals surface area contributed by atoms with Gasteiger partial charge in [0.25, 0.3) is 0 Å². The first-order valence-electron chi connectivity index (χ1n) is 30.4. The number of aliphatic hydroxyl groups is 1. The highest BCUT2D eigenvalue weighted by Gasteiger charge is 2.36. The molecule has 6 rings (SSSR count). The normalized spacial score (nSPS) is 16.3. The van der Waals surface area contributed by atoms with Crippen LogP contribution in [0, 0.1) is 6.92 Å². The number of ether oxygens (including phenoxy) is 5. The van der Waals surface area contributed by atoms with Crippen LogP contribution in [0.15, 0.2) is 134 Å². The molecular weight excluding hydrogens is 1190 g/mol. The van der Waals surface area contributed by atoms with Gasteiger partial charge in [-0.25, -0.2) is 0 Å². The highest BCUT2D eigenvalue weighted by atomic mass is 32.2. The standard InChI is InChI=1S/C67H88N8O15S/c1-46(2)88-37-35-71-42-64(79)73(49(5)51-28-30-55(85-7)31-29-51)45-66(81)75(60(52-26-24-47(3)25-27-52)22-17-36-89-91(83,84)69-33-16-15-21-59(68)50(6)76)41-62(77)70-48(4)67(82)72(34-32-53-18-13-14-23-61(53)90-56-19-11-10-12-20-56)43-65(80)74(44-63(71)78)54-38-57(86-8)40-58(39-54)87-9/h10-14,18-20,23-31,38-40,46,48-49,59-60,69,76H,6,15-17,21-22,32-37,41-45,68H2,1-5,7-9H3,(H,70,77)/t48-,49+,59+,60+/m1/s1. The highest BCUT2D eigenvalue weighted by molar-refractivity contribution is 7.84. The Morgan fingerprint density at radius 2 is 1.30 bits per heavy atom. The van der Waals surface area contributed by atoms with E-state index in [0.717, 1.165) is 5.56 Å². The number of carbonyl (C=O) groups is 6. The third-order valence-electron chi connectivity index (χ3n) is 15.4. The van der Waals surface area contributed by atoms with Crippen molar-refractivity contribution in [2.24, 2.45) is 5.73 Å². The Hall–Kier alpha value is -8.55. The number of benzene rings is 5. The van der Waals surface area contributed by atoms with E-state index in [2.05, 4.69) is 16.6 Å². The van der Waals surface area contributed by atoms with Crippen molar-refractivity contribution in [3.05, 3.63) is 156 Å². The molecule has 0 radical (unpaired) electrons. The van der Waals surface area contributed by atoms with Crippen molar-refractivity contribution in [1.82, 2.24) is 29.6 Å². The Morgan fingerprint density at radius 3 is 1.95 bits per heavy atom. The Morgan fingerprint density at radius 1 is 0.670 bits per heavy atom. The zero-order valence-electron chi connectivity index (χ0n) is 53.3. The monoisotopic (exact) mass is 1280 g/mol. The first-order valence-corrected chi connectivity index (χ1v) is 31.8. The first-order chi connectivity index (χ1) is 43.5. The minimum absolute atomic E-state index is 0.0280. The largest absolute Gasteiger partial charge is 0.511 e. The van der Waals surface area contributed by atoms with Crippen molar-refractivity contribution in [3.8, 4) is 28.7 Å². The molecule has 1 heterocycles. The van der Waals surface area contributed by atoms with Gasteiger partial charge in [0.2, 0.25) is 35.4 Å². The molecule has 1 saturated heterocycles. The van der Waals surface area contributed by atoms with Gasteiger partial charge in [0.05, 0.1) is 71.0 Å². The summed E-state index contributed by atoms with van der Waals surface area (Å²) in [6.07, 6.45) is 1.24. The molecule has 4 atom stereocenters. The van der Waals surface area contributed by atoms with Crippen molar-refractivity contribution in [1.29, 1.82) is 0 Å². The van der Waals surface area contributed by atoms with Gasteiger partial charge in [-0.2, -0.15) is 13.1 Å². The fourth-order valence-corrected chi connectivity index (χ4v) is 11.0. The predicted octanol–water partition coefficient (Wildman–Crippen LogP) is 7.35. The van der Waals surface area contributed by atoms with Gasteiger partial charge in [0.1, 0.15) is 66.7 Å². The van der Waals surface area contributed by atoms with Crippen LogP contribution in [0.25, 0.3) is 0 Å². The zero-order valence-corrected chi connectivity index (χ0v) is 54.2. The summed E-state index contributed by atoms with van der Waals surface area (Å²) in [4.78, 5) is 98.2.